The highest BCUT2D eigenvalue weighted by atomic mass is 16.7. The zero-order valence-corrected chi connectivity index (χ0v) is 13.7. The van der Waals surface area contributed by atoms with E-state index in [9.17, 15) is 4.79 Å². The molecule has 0 saturated heterocycles. The number of aromatic nitrogens is 2. The maximum absolute atomic E-state index is 12.1. The Morgan fingerprint density at radius 1 is 1.08 bits per heavy atom. The van der Waals surface area contributed by atoms with Gasteiger partial charge < -0.3 is 19.5 Å². The number of hydrogen-bond acceptors (Lipinski definition) is 6. The average molecular weight is 341 g/mol. The van der Waals surface area contributed by atoms with Crippen molar-refractivity contribution < 1.29 is 19.0 Å². The molecule has 2 aliphatic rings. The van der Waals surface area contributed by atoms with Gasteiger partial charge in [0, 0.05) is 24.5 Å². The molecule has 1 aliphatic carbocycles. The van der Waals surface area contributed by atoms with E-state index in [1.807, 2.05) is 18.2 Å². The number of benzene rings is 1. The summed E-state index contributed by atoms with van der Waals surface area (Å²) in [6.45, 7) is 0.259. The van der Waals surface area contributed by atoms with Crippen LogP contribution in [0.25, 0.3) is 0 Å². The number of fused-ring (bicyclic) bond motifs is 1. The molecule has 0 atom stereocenters. The molecular formula is C18H19N3O4. The Balaban J connectivity index is 1.28. The van der Waals surface area contributed by atoms with Gasteiger partial charge in [0.1, 0.15) is 5.75 Å². The first-order chi connectivity index (χ1) is 12.3. The Morgan fingerprint density at radius 2 is 1.84 bits per heavy atom. The van der Waals surface area contributed by atoms with Crippen molar-refractivity contribution in [2.45, 2.75) is 37.8 Å². The van der Waals surface area contributed by atoms with Gasteiger partial charge in [0.2, 0.25) is 12.6 Å². The van der Waals surface area contributed by atoms with Gasteiger partial charge in [0.25, 0.3) is 5.91 Å². The van der Waals surface area contributed by atoms with Gasteiger partial charge in [-0.2, -0.15) is 0 Å². The van der Waals surface area contributed by atoms with Gasteiger partial charge in [0.05, 0.1) is 6.10 Å². The Bertz CT molecular complexity index is 745. The first-order valence-corrected chi connectivity index (χ1v) is 8.42. The number of hydrogen-bond donors (Lipinski definition) is 1. The third-order valence-corrected chi connectivity index (χ3v) is 4.43. The van der Waals surface area contributed by atoms with Crippen LogP contribution in [0.5, 0.6) is 17.2 Å². The minimum atomic E-state index is -0.222. The second-order valence-electron chi connectivity index (χ2n) is 6.15. The van der Waals surface area contributed by atoms with E-state index in [0.717, 1.165) is 42.9 Å². The SMILES string of the molecule is O=C(NC1CCC(Oc2ccc3c(c2)OCO3)CC1)c1ncccn1. The van der Waals surface area contributed by atoms with Crippen molar-refractivity contribution in [2.75, 3.05) is 6.79 Å². The van der Waals surface area contributed by atoms with Crippen LogP contribution in [0.3, 0.4) is 0 Å². The summed E-state index contributed by atoms with van der Waals surface area (Å²) >= 11 is 0. The molecule has 130 valence electrons. The van der Waals surface area contributed by atoms with Gasteiger partial charge in [0.15, 0.2) is 11.5 Å². The van der Waals surface area contributed by atoms with E-state index in [4.69, 9.17) is 14.2 Å². The fraction of sp³-hybridized carbons (Fsp3) is 0.389. The predicted octanol–water partition coefficient (Wildman–Crippen LogP) is 2.33. The molecule has 1 amide bonds. The molecule has 2 aromatic rings. The van der Waals surface area contributed by atoms with Gasteiger partial charge in [-0.15, -0.1) is 0 Å². The maximum atomic E-state index is 12.1. The van der Waals surface area contributed by atoms with Crippen LogP contribution in [0.15, 0.2) is 36.7 Å². The molecule has 1 aliphatic heterocycles. The van der Waals surface area contributed by atoms with Crippen molar-refractivity contribution >= 4 is 5.91 Å². The first-order valence-electron chi connectivity index (χ1n) is 8.42. The fourth-order valence-corrected chi connectivity index (χ4v) is 3.13. The van der Waals surface area contributed by atoms with Crippen molar-refractivity contribution in [1.82, 2.24) is 15.3 Å². The predicted molar refractivity (Wildman–Crippen MR) is 88.7 cm³/mol. The Hall–Kier alpha value is -2.83. The summed E-state index contributed by atoms with van der Waals surface area (Å²) in [6, 6.07) is 7.45. The van der Waals surface area contributed by atoms with Crippen molar-refractivity contribution in [2.24, 2.45) is 0 Å². The number of amides is 1. The van der Waals surface area contributed by atoms with Crippen LogP contribution in [0.4, 0.5) is 0 Å². The monoisotopic (exact) mass is 341 g/mol. The van der Waals surface area contributed by atoms with Crippen LogP contribution in [0, 0.1) is 0 Å². The van der Waals surface area contributed by atoms with Gasteiger partial charge in [-0.3, -0.25) is 4.79 Å². The molecule has 1 aromatic carbocycles. The Morgan fingerprint density at radius 3 is 2.64 bits per heavy atom. The molecular weight excluding hydrogens is 322 g/mol. The number of carbonyl (C=O) groups excluding carboxylic acids is 1. The minimum Gasteiger partial charge on any atom is -0.490 e. The van der Waals surface area contributed by atoms with E-state index < -0.39 is 0 Å². The van der Waals surface area contributed by atoms with E-state index in [-0.39, 0.29) is 30.7 Å². The molecule has 1 N–H and O–H groups in total. The highest BCUT2D eigenvalue weighted by Crippen LogP contribution is 2.36. The number of carbonyl (C=O) groups is 1. The van der Waals surface area contributed by atoms with Crippen LogP contribution in [0.2, 0.25) is 0 Å². The molecule has 1 saturated carbocycles. The van der Waals surface area contributed by atoms with Gasteiger partial charge in [-0.05, 0) is 43.9 Å². The second kappa shape index (κ2) is 6.96. The molecule has 7 nitrogen and oxygen atoms in total. The Kier molecular flexibility index (Phi) is 4.37. The third kappa shape index (κ3) is 3.65. The van der Waals surface area contributed by atoms with Crippen LogP contribution in [-0.2, 0) is 0 Å². The fourth-order valence-electron chi connectivity index (χ4n) is 3.13. The van der Waals surface area contributed by atoms with Gasteiger partial charge >= 0.3 is 0 Å². The first kappa shape index (κ1) is 15.7. The lowest BCUT2D eigenvalue weighted by Crippen LogP contribution is -2.40. The molecule has 25 heavy (non-hydrogen) atoms. The lowest BCUT2D eigenvalue weighted by Gasteiger charge is -2.29. The molecule has 0 spiro atoms. The lowest BCUT2D eigenvalue weighted by atomic mass is 9.93. The summed E-state index contributed by atoms with van der Waals surface area (Å²) in [5.41, 5.74) is 0. The van der Waals surface area contributed by atoms with E-state index >= 15 is 0 Å². The van der Waals surface area contributed by atoms with E-state index in [0.29, 0.717) is 0 Å². The summed E-state index contributed by atoms with van der Waals surface area (Å²) in [6.07, 6.45) is 6.78. The molecule has 1 aromatic heterocycles. The molecule has 0 radical (unpaired) electrons. The largest absolute Gasteiger partial charge is 0.490 e. The quantitative estimate of drug-likeness (QED) is 0.919. The summed E-state index contributed by atoms with van der Waals surface area (Å²) in [5, 5.41) is 3.00. The highest BCUT2D eigenvalue weighted by molar-refractivity contribution is 5.90. The van der Waals surface area contributed by atoms with Crippen molar-refractivity contribution in [3.8, 4) is 17.2 Å². The molecule has 0 unspecified atom stereocenters. The van der Waals surface area contributed by atoms with E-state index in [2.05, 4.69) is 15.3 Å². The standard InChI is InChI=1S/C18H19N3O4/c22-18(17-19-8-1-9-20-17)21-12-2-4-13(5-3-12)25-14-6-7-15-16(10-14)24-11-23-15/h1,6-10,12-13H,2-5,11H2,(H,21,22). The number of nitrogens with zero attached hydrogens (tertiary/aromatic N) is 2. The highest BCUT2D eigenvalue weighted by Gasteiger charge is 2.25. The van der Waals surface area contributed by atoms with Crippen LogP contribution < -0.4 is 19.5 Å². The number of nitrogens with one attached hydrogen (secondary N) is 1. The van der Waals surface area contributed by atoms with Crippen molar-refractivity contribution in [3.63, 3.8) is 0 Å². The normalized spacial score (nSPS) is 21.6. The second-order valence-corrected chi connectivity index (χ2v) is 6.15. The topological polar surface area (TPSA) is 82.6 Å². The lowest BCUT2D eigenvalue weighted by molar-refractivity contribution is 0.0883. The molecule has 4 rings (SSSR count). The van der Waals surface area contributed by atoms with Gasteiger partial charge in [-0.25, -0.2) is 9.97 Å². The summed E-state index contributed by atoms with van der Waals surface area (Å²) < 4.78 is 16.7. The maximum Gasteiger partial charge on any atom is 0.289 e. The molecule has 2 heterocycles. The average Bonchev–Trinajstić information content (AvgIpc) is 3.12. The van der Waals surface area contributed by atoms with Crippen LogP contribution in [-0.4, -0.2) is 34.8 Å². The molecule has 7 heteroatoms. The van der Waals surface area contributed by atoms with Crippen LogP contribution in [0.1, 0.15) is 36.3 Å². The Labute approximate surface area is 145 Å². The van der Waals surface area contributed by atoms with E-state index in [1.165, 1.54) is 0 Å². The summed E-state index contributed by atoms with van der Waals surface area (Å²) in [4.78, 5) is 20.0. The zero-order valence-electron chi connectivity index (χ0n) is 13.7. The van der Waals surface area contributed by atoms with Crippen molar-refractivity contribution in [3.05, 3.63) is 42.5 Å². The zero-order chi connectivity index (χ0) is 17.1. The summed E-state index contributed by atoms with van der Waals surface area (Å²) in [5.74, 6) is 2.25. The number of rotatable bonds is 4. The third-order valence-electron chi connectivity index (χ3n) is 4.43. The summed E-state index contributed by atoms with van der Waals surface area (Å²) in [7, 11) is 0. The van der Waals surface area contributed by atoms with Crippen molar-refractivity contribution in [1.29, 1.82) is 0 Å². The smallest absolute Gasteiger partial charge is 0.289 e. The molecule has 1 fully saturated rings. The van der Waals surface area contributed by atoms with Gasteiger partial charge in [-0.1, -0.05) is 0 Å². The minimum absolute atomic E-state index is 0.132. The molecule has 0 bridgehead atoms. The van der Waals surface area contributed by atoms with E-state index in [1.54, 1.807) is 18.5 Å². The van der Waals surface area contributed by atoms with Crippen LogP contribution >= 0.6 is 0 Å². The number of ether oxygens (including phenoxy) is 3.